The van der Waals surface area contributed by atoms with Crippen LogP contribution in [0.3, 0.4) is 0 Å². The van der Waals surface area contributed by atoms with Crippen molar-refractivity contribution in [3.63, 3.8) is 0 Å². The molecule has 2 rings (SSSR count). The third-order valence-electron chi connectivity index (χ3n) is 3.35. The molecule has 1 aromatic carbocycles. The van der Waals surface area contributed by atoms with Gasteiger partial charge in [0.05, 0.1) is 5.69 Å². The summed E-state index contributed by atoms with van der Waals surface area (Å²) in [6.07, 6.45) is 1.20. The maximum absolute atomic E-state index is 13.1. The Bertz CT molecular complexity index is 409. The highest BCUT2D eigenvalue weighted by Crippen LogP contribution is 2.31. The molecule has 1 fully saturated rings. The minimum absolute atomic E-state index is 0.192. The number of halogens is 2. The summed E-state index contributed by atoms with van der Waals surface area (Å²) in [5, 5.41) is 3.48. The minimum atomic E-state index is -0.192. The maximum atomic E-state index is 13.1. The normalized spacial score (nSPS) is 19.8. The standard InChI is InChI=1S/C14H20BrFN2/c1-10(2)17-8-11-5-6-18(9-11)14-4-3-12(16)7-13(14)15/h3-4,7,10-11,17H,5-6,8-9H2,1-2H3. The molecule has 4 heteroatoms. The Morgan fingerprint density at radius 1 is 1.50 bits per heavy atom. The highest BCUT2D eigenvalue weighted by atomic mass is 79.9. The molecule has 1 unspecified atom stereocenters. The molecule has 1 aliphatic heterocycles. The second kappa shape index (κ2) is 6.02. The number of rotatable bonds is 4. The van der Waals surface area contributed by atoms with Crippen LogP contribution >= 0.6 is 15.9 Å². The van der Waals surface area contributed by atoms with E-state index in [2.05, 4.69) is 40.0 Å². The van der Waals surface area contributed by atoms with Crippen LogP contribution < -0.4 is 10.2 Å². The van der Waals surface area contributed by atoms with Crippen molar-refractivity contribution in [2.45, 2.75) is 26.3 Å². The van der Waals surface area contributed by atoms with Gasteiger partial charge in [-0.1, -0.05) is 13.8 Å². The molecule has 0 radical (unpaired) electrons. The van der Waals surface area contributed by atoms with E-state index in [1.807, 2.05) is 6.07 Å². The van der Waals surface area contributed by atoms with Crippen molar-refractivity contribution in [3.05, 3.63) is 28.5 Å². The van der Waals surface area contributed by atoms with Crippen LogP contribution in [0.15, 0.2) is 22.7 Å². The summed E-state index contributed by atoms with van der Waals surface area (Å²) in [7, 11) is 0. The lowest BCUT2D eigenvalue weighted by atomic mass is 10.1. The molecule has 18 heavy (non-hydrogen) atoms. The highest BCUT2D eigenvalue weighted by Gasteiger charge is 2.23. The van der Waals surface area contributed by atoms with Gasteiger partial charge in [-0.05, 0) is 53.0 Å². The number of benzene rings is 1. The van der Waals surface area contributed by atoms with E-state index >= 15 is 0 Å². The smallest absolute Gasteiger partial charge is 0.124 e. The van der Waals surface area contributed by atoms with Gasteiger partial charge in [0.1, 0.15) is 5.82 Å². The second-order valence-electron chi connectivity index (χ2n) is 5.26. The third-order valence-corrected chi connectivity index (χ3v) is 3.99. The summed E-state index contributed by atoms with van der Waals surface area (Å²) in [6.45, 7) is 7.50. The molecule has 0 saturated carbocycles. The summed E-state index contributed by atoms with van der Waals surface area (Å²) in [5.41, 5.74) is 1.10. The van der Waals surface area contributed by atoms with Gasteiger partial charge in [0.15, 0.2) is 0 Å². The van der Waals surface area contributed by atoms with Crippen molar-refractivity contribution < 1.29 is 4.39 Å². The first-order chi connectivity index (χ1) is 8.56. The summed E-state index contributed by atoms with van der Waals surface area (Å²) in [6, 6.07) is 5.46. The third kappa shape index (κ3) is 3.45. The lowest BCUT2D eigenvalue weighted by molar-refractivity contribution is 0.480. The van der Waals surface area contributed by atoms with Gasteiger partial charge in [0, 0.05) is 23.6 Å². The van der Waals surface area contributed by atoms with Crippen molar-refractivity contribution in [1.29, 1.82) is 0 Å². The number of hydrogen-bond acceptors (Lipinski definition) is 2. The van der Waals surface area contributed by atoms with Crippen LogP contribution in [-0.4, -0.2) is 25.7 Å². The molecule has 1 aromatic rings. The van der Waals surface area contributed by atoms with E-state index in [1.54, 1.807) is 0 Å². The Labute approximate surface area is 117 Å². The topological polar surface area (TPSA) is 15.3 Å². The van der Waals surface area contributed by atoms with E-state index in [0.717, 1.165) is 29.8 Å². The number of nitrogens with zero attached hydrogens (tertiary/aromatic N) is 1. The molecule has 0 spiro atoms. The van der Waals surface area contributed by atoms with Gasteiger partial charge in [-0.25, -0.2) is 4.39 Å². The molecule has 0 amide bonds. The average molecular weight is 315 g/mol. The van der Waals surface area contributed by atoms with Crippen LogP contribution in [0, 0.1) is 11.7 Å². The number of anilines is 1. The van der Waals surface area contributed by atoms with Crippen LogP contribution in [-0.2, 0) is 0 Å². The number of nitrogens with one attached hydrogen (secondary N) is 1. The van der Waals surface area contributed by atoms with Crippen LogP contribution in [0.2, 0.25) is 0 Å². The van der Waals surface area contributed by atoms with Gasteiger partial charge >= 0.3 is 0 Å². The fourth-order valence-corrected chi connectivity index (χ4v) is 2.96. The molecule has 2 nitrogen and oxygen atoms in total. The average Bonchev–Trinajstić information content (AvgIpc) is 2.75. The fourth-order valence-electron chi connectivity index (χ4n) is 2.36. The number of hydrogen-bond donors (Lipinski definition) is 1. The van der Waals surface area contributed by atoms with Crippen LogP contribution in [0.1, 0.15) is 20.3 Å². The van der Waals surface area contributed by atoms with Gasteiger partial charge in [-0.2, -0.15) is 0 Å². The molecular formula is C14H20BrFN2. The molecule has 0 bridgehead atoms. The Kier molecular flexibility index (Phi) is 4.62. The molecule has 0 aromatic heterocycles. The molecule has 1 heterocycles. The molecule has 1 N–H and O–H groups in total. The van der Waals surface area contributed by atoms with Crippen molar-refractivity contribution in [2.75, 3.05) is 24.5 Å². The van der Waals surface area contributed by atoms with Crippen molar-refractivity contribution in [1.82, 2.24) is 5.32 Å². The van der Waals surface area contributed by atoms with E-state index in [4.69, 9.17) is 0 Å². The largest absolute Gasteiger partial charge is 0.370 e. The van der Waals surface area contributed by atoms with Gasteiger partial charge in [-0.15, -0.1) is 0 Å². The summed E-state index contributed by atoms with van der Waals surface area (Å²) in [5.74, 6) is 0.493. The molecule has 1 atom stereocenters. The van der Waals surface area contributed by atoms with E-state index in [9.17, 15) is 4.39 Å². The minimum Gasteiger partial charge on any atom is -0.370 e. The Morgan fingerprint density at radius 3 is 2.94 bits per heavy atom. The molecule has 0 aliphatic carbocycles. The zero-order chi connectivity index (χ0) is 13.1. The summed E-state index contributed by atoms with van der Waals surface area (Å²) in [4.78, 5) is 2.33. The first-order valence-electron chi connectivity index (χ1n) is 6.49. The lowest BCUT2D eigenvalue weighted by Gasteiger charge is -2.20. The summed E-state index contributed by atoms with van der Waals surface area (Å²) < 4.78 is 13.9. The SMILES string of the molecule is CC(C)NCC1CCN(c2ccc(F)cc2Br)C1. The molecule has 1 aliphatic rings. The predicted molar refractivity (Wildman–Crippen MR) is 77.6 cm³/mol. The van der Waals surface area contributed by atoms with Crippen LogP contribution in [0.25, 0.3) is 0 Å². The zero-order valence-electron chi connectivity index (χ0n) is 10.9. The second-order valence-corrected chi connectivity index (χ2v) is 6.11. The Morgan fingerprint density at radius 2 is 2.28 bits per heavy atom. The van der Waals surface area contributed by atoms with Gasteiger partial charge < -0.3 is 10.2 Å². The maximum Gasteiger partial charge on any atom is 0.124 e. The molecular weight excluding hydrogens is 295 g/mol. The van der Waals surface area contributed by atoms with Gasteiger partial charge in [0.2, 0.25) is 0 Å². The van der Waals surface area contributed by atoms with Crippen LogP contribution in [0.4, 0.5) is 10.1 Å². The van der Waals surface area contributed by atoms with Gasteiger partial charge in [0.25, 0.3) is 0 Å². The highest BCUT2D eigenvalue weighted by molar-refractivity contribution is 9.10. The van der Waals surface area contributed by atoms with E-state index in [0.29, 0.717) is 12.0 Å². The Balaban J connectivity index is 1.95. The molecule has 100 valence electrons. The Hall–Kier alpha value is -0.610. The predicted octanol–water partition coefficient (Wildman–Crippen LogP) is 3.41. The fraction of sp³-hybridized carbons (Fsp3) is 0.571. The monoisotopic (exact) mass is 314 g/mol. The van der Waals surface area contributed by atoms with Crippen LogP contribution in [0.5, 0.6) is 0 Å². The van der Waals surface area contributed by atoms with Crippen molar-refractivity contribution >= 4 is 21.6 Å². The van der Waals surface area contributed by atoms with E-state index in [1.165, 1.54) is 18.6 Å². The van der Waals surface area contributed by atoms with Gasteiger partial charge in [-0.3, -0.25) is 0 Å². The lowest BCUT2D eigenvalue weighted by Crippen LogP contribution is -2.30. The van der Waals surface area contributed by atoms with E-state index < -0.39 is 0 Å². The quantitative estimate of drug-likeness (QED) is 0.916. The van der Waals surface area contributed by atoms with E-state index in [-0.39, 0.29) is 5.82 Å². The zero-order valence-corrected chi connectivity index (χ0v) is 12.5. The summed E-state index contributed by atoms with van der Waals surface area (Å²) >= 11 is 3.44. The van der Waals surface area contributed by atoms with Crippen molar-refractivity contribution in [3.8, 4) is 0 Å². The molecule has 1 saturated heterocycles. The first kappa shape index (κ1) is 13.8. The van der Waals surface area contributed by atoms with Crippen molar-refractivity contribution in [2.24, 2.45) is 5.92 Å². The first-order valence-corrected chi connectivity index (χ1v) is 7.29.